The number of hydrogen-bond donors (Lipinski definition) is 0. The molecule has 2 atom stereocenters. The lowest BCUT2D eigenvalue weighted by Crippen LogP contribution is -2.30. The highest BCUT2D eigenvalue weighted by Gasteiger charge is 2.46. The standard InChI is InChI=1S/C53H43N/c1-41-25-13-12-24-38-53(50-34-22-23-35-52(50)54(41)46-31-17-11-18-32-46)49-37-36-43(42-26-15-10-16-27-42)28-14-8-6-4-2-3-5-7-9-19-33-47(49)48-39-44-29-20-21-30-45(44)40-51(48)53/h2-37,39-40,43H,1,38H2/b4-2-,5-3-,8-6+,9-7-,24-12-,25-13-,28-14+,33-19+,37-36-. The maximum Gasteiger partial charge on any atom is 0.0518 e. The van der Waals surface area contributed by atoms with Crippen molar-refractivity contribution in [2.24, 2.45) is 0 Å². The number of benzene rings is 5. The molecule has 1 heteroatoms. The highest BCUT2D eigenvalue weighted by molar-refractivity contribution is 5.97. The quantitative estimate of drug-likeness (QED) is 0.178. The van der Waals surface area contributed by atoms with E-state index in [0.29, 0.717) is 0 Å². The zero-order valence-corrected chi connectivity index (χ0v) is 30.4. The van der Waals surface area contributed by atoms with E-state index in [1.165, 1.54) is 44.2 Å². The van der Waals surface area contributed by atoms with Crippen molar-refractivity contribution in [1.82, 2.24) is 0 Å². The summed E-state index contributed by atoms with van der Waals surface area (Å²) < 4.78 is 0. The lowest BCUT2D eigenvalue weighted by Gasteiger charge is -2.38. The monoisotopic (exact) mass is 693 g/mol. The largest absolute Gasteiger partial charge is 0.311 e. The molecule has 0 aromatic heterocycles. The molecule has 0 radical (unpaired) electrons. The highest BCUT2D eigenvalue weighted by Crippen LogP contribution is 2.57. The van der Waals surface area contributed by atoms with Gasteiger partial charge in [0.2, 0.25) is 0 Å². The van der Waals surface area contributed by atoms with E-state index in [2.05, 4.69) is 242 Å². The third-order valence-corrected chi connectivity index (χ3v) is 10.5. The summed E-state index contributed by atoms with van der Waals surface area (Å²) in [6.45, 7) is 4.61. The molecule has 8 rings (SSSR count). The van der Waals surface area contributed by atoms with Gasteiger partial charge in [0.05, 0.1) is 11.1 Å². The van der Waals surface area contributed by atoms with Crippen LogP contribution in [0.25, 0.3) is 16.3 Å². The first kappa shape index (κ1) is 34.4. The second kappa shape index (κ2) is 15.9. The Bertz CT molecular complexity index is 2470. The number of fused-ring (bicyclic) bond motifs is 7. The van der Waals surface area contributed by atoms with Gasteiger partial charge in [-0.05, 0) is 87.0 Å². The zero-order valence-electron chi connectivity index (χ0n) is 30.4. The minimum Gasteiger partial charge on any atom is -0.311 e. The molecule has 54 heavy (non-hydrogen) atoms. The molecule has 0 saturated heterocycles. The Morgan fingerprint density at radius 3 is 1.89 bits per heavy atom. The van der Waals surface area contributed by atoms with Gasteiger partial charge in [-0.2, -0.15) is 0 Å². The van der Waals surface area contributed by atoms with Crippen LogP contribution in [0.15, 0.2) is 249 Å². The summed E-state index contributed by atoms with van der Waals surface area (Å²) in [6.07, 6.45) is 39.9. The Labute approximate surface area is 320 Å². The number of para-hydroxylation sites is 2. The van der Waals surface area contributed by atoms with E-state index in [9.17, 15) is 0 Å². The van der Waals surface area contributed by atoms with Crippen LogP contribution in [0.1, 0.15) is 34.6 Å². The van der Waals surface area contributed by atoms with Crippen LogP contribution in [-0.2, 0) is 5.41 Å². The average Bonchev–Trinajstić information content (AvgIpc) is 3.46. The van der Waals surface area contributed by atoms with E-state index >= 15 is 0 Å². The Hall–Kier alpha value is -6.70. The number of rotatable bonds is 2. The molecule has 2 aliphatic carbocycles. The van der Waals surface area contributed by atoms with Crippen LogP contribution >= 0.6 is 0 Å². The molecule has 260 valence electrons. The molecule has 2 unspecified atom stereocenters. The van der Waals surface area contributed by atoms with Crippen LogP contribution in [0, 0.1) is 0 Å². The molecule has 0 saturated carbocycles. The Kier molecular flexibility index (Phi) is 10.1. The molecule has 1 nitrogen and oxygen atoms in total. The normalized spacial score (nSPS) is 25.0. The van der Waals surface area contributed by atoms with Gasteiger partial charge in [0, 0.05) is 17.3 Å². The van der Waals surface area contributed by atoms with E-state index in [1.807, 2.05) is 0 Å². The minimum absolute atomic E-state index is 0.0571. The summed E-state index contributed by atoms with van der Waals surface area (Å²) in [5.41, 5.74) is 10.1. The van der Waals surface area contributed by atoms with E-state index in [0.717, 1.165) is 23.5 Å². The lowest BCUT2D eigenvalue weighted by molar-refractivity contribution is 0.639. The summed E-state index contributed by atoms with van der Waals surface area (Å²) in [7, 11) is 0. The summed E-state index contributed by atoms with van der Waals surface area (Å²) in [5, 5.41) is 2.46. The average molecular weight is 694 g/mol. The van der Waals surface area contributed by atoms with Gasteiger partial charge in [-0.25, -0.2) is 0 Å². The first-order valence-corrected chi connectivity index (χ1v) is 18.7. The van der Waals surface area contributed by atoms with Crippen LogP contribution in [0.4, 0.5) is 11.4 Å². The highest BCUT2D eigenvalue weighted by atomic mass is 15.1. The second-order valence-electron chi connectivity index (χ2n) is 13.7. The predicted molar refractivity (Wildman–Crippen MR) is 232 cm³/mol. The fourth-order valence-electron chi connectivity index (χ4n) is 8.01. The molecular formula is C53H43N. The SMILES string of the molecule is C=C1/C=C\C=C/CC2(C3=C(/C=C/C=C\C=C/C=C\C=C\C=C\C(c4ccccc4)/C=C\3)c3cc4ccccc4cc32)c2ccccc2N1c1ccccc1. The van der Waals surface area contributed by atoms with Crippen molar-refractivity contribution >= 4 is 27.7 Å². The first-order valence-electron chi connectivity index (χ1n) is 18.7. The molecule has 0 N–H and O–H groups in total. The number of hydrogen-bond acceptors (Lipinski definition) is 1. The van der Waals surface area contributed by atoms with Crippen molar-refractivity contribution in [3.8, 4) is 0 Å². The van der Waals surface area contributed by atoms with Gasteiger partial charge in [0.15, 0.2) is 0 Å². The van der Waals surface area contributed by atoms with E-state index in [-0.39, 0.29) is 5.92 Å². The molecule has 1 spiro atoms. The second-order valence-corrected chi connectivity index (χ2v) is 13.7. The van der Waals surface area contributed by atoms with Crippen molar-refractivity contribution in [3.05, 3.63) is 271 Å². The maximum atomic E-state index is 4.61. The summed E-state index contributed by atoms with van der Waals surface area (Å²) >= 11 is 0. The molecular weight excluding hydrogens is 651 g/mol. The summed E-state index contributed by atoms with van der Waals surface area (Å²) in [4.78, 5) is 2.31. The van der Waals surface area contributed by atoms with Crippen LogP contribution in [0.3, 0.4) is 0 Å². The van der Waals surface area contributed by atoms with Crippen molar-refractivity contribution in [1.29, 1.82) is 0 Å². The lowest BCUT2D eigenvalue weighted by atomic mass is 9.67. The van der Waals surface area contributed by atoms with Gasteiger partial charge in [0.1, 0.15) is 0 Å². The van der Waals surface area contributed by atoms with Gasteiger partial charge in [-0.1, -0.05) is 201 Å². The molecule has 5 aromatic carbocycles. The maximum absolute atomic E-state index is 4.61. The van der Waals surface area contributed by atoms with Crippen LogP contribution < -0.4 is 4.90 Å². The fourth-order valence-corrected chi connectivity index (χ4v) is 8.01. The van der Waals surface area contributed by atoms with Gasteiger partial charge in [-0.15, -0.1) is 0 Å². The third kappa shape index (κ3) is 6.80. The zero-order chi connectivity index (χ0) is 36.6. The van der Waals surface area contributed by atoms with Gasteiger partial charge in [0.25, 0.3) is 0 Å². The van der Waals surface area contributed by atoms with Crippen LogP contribution in [-0.4, -0.2) is 0 Å². The molecule has 0 amide bonds. The van der Waals surface area contributed by atoms with Gasteiger partial charge in [-0.3, -0.25) is 0 Å². The smallest absolute Gasteiger partial charge is 0.0518 e. The number of nitrogens with zero attached hydrogens (tertiary/aromatic N) is 1. The van der Waals surface area contributed by atoms with Crippen LogP contribution in [0.5, 0.6) is 0 Å². The Balaban J connectivity index is 1.47. The molecule has 0 bridgehead atoms. The minimum atomic E-state index is -0.539. The molecule has 1 aliphatic heterocycles. The van der Waals surface area contributed by atoms with Crippen molar-refractivity contribution < 1.29 is 0 Å². The van der Waals surface area contributed by atoms with Gasteiger partial charge >= 0.3 is 0 Å². The summed E-state index contributed by atoms with van der Waals surface area (Å²) in [5.74, 6) is 0.0571. The van der Waals surface area contributed by atoms with Crippen molar-refractivity contribution in [3.63, 3.8) is 0 Å². The first-order chi connectivity index (χ1) is 26.7. The van der Waals surface area contributed by atoms with Crippen molar-refractivity contribution in [2.45, 2.75) is 17.8 Å². The summed E-state index contributed by atoms with van der Waals surface area (Å²) in [6, 6.07) is 44.0. The van der Waals surface area contributed by atoms with E-state index < -0.39 is 5.41 Å². The van der Waals surface area contributed by atoms with Gasteiger partial charge < -0.3 is 4.90 Å². The molecule has 1 heterocycles. The topological polar surface area (TPSA) is 3.24 Å². The Morgan fingerprint density at radius 2 is 1.13 bits per heavy atom. The third-order valence-electron chi connectivity index (χ3n) is 10.5. The van der Waals surface area contributed by atoms with E-state index in [4.69, 9.17) is 0 Å². The number of anilines is 2. The molecule has 5 aromatic rings. The van der Waals surface area contributed by atoms with Crippen LogP contribution in [0.2, 0.25) is 0 Å². The van der Waals surface area contributed by atoms with Crippen molar-refractivity contribution in [2.75, 3.05) is 4.90 Å². The molecule has 3 aliphatic rings. The predicted octanol–water partition coefficient (Wildman–Crippen LogP) is 13.8. The Morgan fingerprint density at radius 1 is 0.519 bits per heavy atom. The number of allylic oxidation sites excluding steroid dienone is 20. The fraction of sp³-hybridized carbons (Fsp3) is 0.0566. The van der Waals surface area contributed by atoms with E-state index in [1.54, 1.807) is 0 Å². The molecule has 0 fully saturated rings.